The van der Waals surface area contributed by atoms with E-state index >= 15 is 0 Å². The molecule has 1 fully saturated rings. The van der Waals surface area contributed by atoms with Crippen LogP contribution in [0.3, 0.4) is 0 Å². The van der Waals surface area contributed by atoms with Crippen LogP contribution in [0.15, 0.2) is 48.7 Å². The molecule has 1 aliphatic rings. The summed E-state index contributed by atoms with van der Waals surface area (Å²) in [5.74, 6) is 0.347. The number of hydrogen-bond donors (Lipinski definition) is 1. The van der Waals surface area contributed by atoms with E-state index in [1.54, 1.807) is 6.07 Å². The number of anilines is 2. The second-order valence-electron chi connectivity index (χ2n) is 6.12. The Labute approximate surface area is 141 Å². The van der Waals surface area contributed by atoms with Gasteiger partial charge in [0.2, 0.25) is 0 Å². The number of piperazine rings is 1. The van der Waals surface area contributed by atoms with Crippen molar-refractivity contribution in [2.75, 3.05) is 36.0 Å². The minimum Gasteiger partial charge on any atom is -0.506 e. The maximum Gasteiger partial charge on any atom is 0.161 e. The number of fused-ring (bicyclic) bond motifs is 1. The summed E-state index contributed by atoms with van der Waals surface area (Å²) >= 11 is 0. The van der Waals surface area contributed by atoms with Crippen molar-refractivity contribution in [2.45, 2.75) is 6.92 Å². The highest BCUT2D eigenvalue weighted by molar-refractivity contribution is 5.89. The van der Waals surface area contributed by atoms with Gasteiger partial charge in [0.25, 0.3) is 0 Å². The van der Waals surface area contributed by atoms with Gasteiger partial charge in [0, 0.05) is 49.1 Å². The number of rotatable bonds is 2. The fourth-order valence-electron chi connectivity index (χ4n) is 3.31. The molecule has 0 bridgehead atoms. The molecular weight excluding hydrogens is 300 g/mol. The highest BCUT2D eigenvalue weighted by atomic mass is 16.3. The van der Waals surface area contributed by atoms with Crippen LogP contribution in [-0.2, 0) is 0 Å². The van der Waals surface area contributed by atoms with Gasteiger partial charge in [0.1, 0.15) is 5.75 Å². The quantitative estimate of drug-likeness (QED) is 0.787. The standard InChI is InChI=1S/C19H20N4O/c1-14-6-7-15-16(8-9-20-19(15)21-14)22-10-12-23(13-11-22)17-4-2-3-5-18(17)24/h2-9,24H,10-13H2,1H3. The molecule has 0 unspecified atom stereocenters. The van der Waals surface area contributed by atoms with Crippen LogP contribution in [0.4, 0.5) is 11.4 Å². The number of nitrogens with zero attached hydrogens (tertiary/aromatic N) is 4. The lowest BCUT2D eigenvalue weighted by molar-refractivity contribution is 0.472. The van der Waals surface area contributed by atoms with E-state index in [1.807, 2.05) is 37.4 Å². The van der Waals surface area contributed by atoms with Crippen LogP contribution in [0, 0.1) is 6.92 Å². The summed E-state index contributed by atoms with van der Waals surface area (Å²) in [6.07, 6.45) is 1.83. The third-order valence-electron chi connectivity index (χ3n) is 4.56. The van der Waals surface area contributed by atoms with Gasteiger partial charge in [-0.05, 0) is 37.3 Å². The van der Waals surface area contributed by atoms with E-state index in [9.17, 15) is 5.11 Å². The zero-order chi connectivity index (χ0) is 16.5. The van der Waals surface area contributed by atoms with Crippen LogP contribution in [0.1, 0.15) is 5.69 Å². The van der Waals surface area contributed by atoms with Gasteiger partial charge in [-0.3, -0.25) is 0 Å². The average molecular weight is 320 g/mol. The maximum absolute atomic E-state index is 10.0. The molecule has 1 aliphatic heterocycles. The molecule has 3 heterocycles. The average Bonchev–Trinajstić information content (AvgIpc) is 2.61. The van der Waals surface area contributed by atoms with Crippen LogP contribution in [-0.4, -0.2) is 41.3 Å². The Morgan fingerprint density at radius 3 is 2.33 bits per heavy atom. The molecule has 2 aromatic heterocycles. The summed E-state index contributed by atoms with van der Waals surface area (Å²) in [5, 5.41) is 11.1. The van der Waals surface area contributed by atoms with Crippen molar-refractivity contribution in [1.82, 2.24) is 9.97 Å². The predicted octanol–water partition coefficient (Wildman–Crippen LogP) is 2.97. The van der Waals surface area contributed by atoms with E-state index in [-0.39, 0.29) is 0 Å². The van der Waals surface area contributed by atoms with E-state index in [0.29, 0.717) is 5.75 Å². The molecule has 122 valence electrons. The van der Waals surface area contributed by atoms with Crippen molar-refractivity contribution >= 4 is 22.4 Å². The molecule has 1 N–H and O–H groups in total. The van der Waals surface area contributed by atoms with Gasteiger partial charge in [-0.2, -0.15) is 0 Å². The molecule has 0 radical (unpaired) electrons. The van der Waals surface area contributed by atoms with E-state index in [0.717, 1.165) is 48.6 Å². The minimum atomic E-state index is 0.347. The number of pyridine rings is 2. The molecule has 4 rings (SSSR count). The van der Waals surface area contributed by atoms with Crippen LogP contribution in [0.25, 0.3) is 11.0 Å². The van der Waals surface area contributed by atoms with Gasteiger partial charge in [0.15, 0.2) is 5.65 Å². The van der Waals surface area contributed by atoms with E-state index in [4.69, 9.17) is 0 Å². The zero-order valence-electron chi connectivity index (χ0n) is 13.7. The molecule has 0 aliphatic carbocycles. The van der Waals surface area contributed by atoms with Crippen molar-refractivity contribution in [1.29, 1.82) is 0 Å². The Hall–Kier alpha value is -2.82. The summed E-state index contributed by atoms with van der Waals surface area (Å²) < 4.78 is 0. The number of aryl methyl sites for hydroxylation is 1. The largest absolute Gasteiger partial charge is 0.506 e. The molecular formula is C19H20N4O. The van der Waals surface area contributed by atoms with E-state index in [1.165, 1.54) is 5.69 Å². The Bertz CT molecular complexity index is 872. The van der Waals surface area contributed by atoms with Crippen molar-refractivity contribution in [2.24, 2.45) is 0 Å². The van der Waals surface area contributed by atoms with Crippen molar-refractivity contribution in [3.05, 3.63) is 54.4 Å². The fourth-order valence-corrected chi connectivity index (χ4v) is 3.31. The lowest BCUT2D eigenvalue weighted by Gasteiger charge is -2.37. The molecule has 24 heavy (non-hydrogen) atoms. The monoisotopic (exact) mass is 320 g/mol. The van der Waals surface area contributed by atoms with E-state index in [2.05, 4.69) is 31.9 Å². The van der Waals surface area contributed by atoms with E-state index < -0.39 is 0 Å². The normalized spacial score (nSPS) is 15.0. The van der Waals surface area contributed by atoms with Gasteiger partial charge in [-0.1, -0.05) is 12.1 Å². The van der Waals surface area contributed by atoms with Gasteiger partial charge in [-0.25, -0.2) is 9.97 Å². The first-order valence-electron chi connectivity index (χ1n) is 8.22. The molecule has 3 aromatic rings. The second-order valence-corrected chi connectivity index (χ2v) is 6.12. The minimum absolute atomic E-state index is 0.347. The topological polar surface area (TPSA) is 52.5 Å². The Balaban J connectivity index is 1.57. The highest BCUT2D eigenvalue weighted by Crippen LogP contribution is 2.30. The summed E-state index contributed by atoms with van der Waals surface area (Å²) in [6.45, 7) is 5.54. The van der Waals surface area contributed by atoms with Crippen molar-refractivity contribution in [3.8, 4) is 5.75 Å². The fraction of sp³-hybridized carbons (Fsp3) is 0.263. The Kier molecular flexibility index (Phi) is 3.69. The first-order valence-corrected chi connectivity index (χ1v) is 8.22. The first-order chi connectivity index (χ1) is 11.7. The molecule has 5 heteroatoms. The number of benzene rings is 1. The number of para-hydroxylation sites is 2. The van der Waals surface area contributed by atoms with Crippen LogP contribution in [0.2, 0.25) is 0 Å². The SMILES string of the molecule is Cc1ccc2c(N3CCN(c4ccccc4O)CC3)ccnc2n1. The number of aromatic hydroxyl groups is 1. The lowest BCUT2D eigenvalue weighted by atomic mass is 10.1. The van der Waals surface area contributed by atoms with Crippen molar-refractivity contribution < 1.29 is 5.11 Å². The maximum atomic E-state index is 10.0. The second kappa shape index (κ2) is 6.00. The first kappa shape index (κ1) is 14.8. The number of aromatic nitrogens is 2. The van der Waals surface area contributed by atoms with Gasteiger partial charge < -0.3 is 14.9 Å². The van der Waals surface area contributed by atoms with Crippen LogP contribution in [0.5, 0.6) is 5.75 Å². The summed E-state index contributed by atoms with van der Waals surface area (Å²) in [4.78, 5) is 13.5. The lowest BCUT2D eigenvalue weighted by Crippen LogP contribution is -2.46. The molecule has 1 aromatic carbocycles. The molecule has 0 atom stereocenters. The predicted molar refractivity (Wildman–Crippen MR) is 96.8 cm³/mol. The van der Waals surface area contributed by atoms with Gasteiger partial charge >= 0.3 is 0 Å². The molecule has 5 nitrogen and oxygen atoms in total. The number of hydrogen-bond acceptors (Lipinski definition) is 5. The molecule has 0 amide bonds. The van der Waals surface area contributed by atoms with Crippen molar-refractivity contribution in [3.63, 3.8) is 0 Å². The van der Waals surface area contributed by atoms with Gasteiger partial charge in [-0.15, -0.1) is 0 Å². The van der Waals surface area contributed by atoms with Crippen LogP contribution < -0.4 is 9.80 Å². The summed E-state index contributed by atoms with van der Waals surface area (Å²) in [6, 6.07) is 13.7. The Morgan fingerprint density at radius 2 is 1.58 bits per heavy atom. The molecule has 0 saturated carbocycles. The Morgan fingerprint density at radius 1 is 0.875 bits per heavy atom. The summed E-state index contributed by atoms with van der Waals surface area (Å²) in [7, 11) is 0. The highest BCUT2D eigenvalue weighted by Gasteiger charge is 2.20. The smallest absolute Gasteiger partial charge is 0.161 e. The van der Waals surface area contributed by atoms with Gasteiger partial charge in [0.05, 0.1) is 5.69 Å². The third kappa shape index (κ3) is 2.62. The zero-order valence-corrected chi connectivity index (χ0v) is 13.7. The molecule has 1 saturated heterocycles. The summed E-state index contributed by atoms with van der Waals surface area (Å²) in [5.41, 5.74) is 3.88. The van der Waals surface area contributed by atoms with Crippen LogP contribution >= 0.6 is 0 Å². The molecule has 0 spiro atoms. The number of phenols is 1. The number of phenolic OH excluding ortho intramolecular Hbond substituents is 1. The third-order valence-corrected chi connectivity index (χ3v) is 4.56.